The number of hydrogen-bond donors (Lipinski definition) is 2. The Hall–Kier alpha value is -1.80. The molecule has 0 aliphatic heterocycles. The van der Waals surface area contributed by atoms with E-state index in [2.05, 4.69) is 41.8 Å². The standard InChI is InChI=1S/C10H12BrNO2.C7H6BrNO2/c1-2-3-9(10(13)14)7-4-8(11)6-12-5-7;8-6-1-5(2-7(10)11)3-9-4-6/h4-6,9H,2-3H2,1H3,(H,13,14);1,3-4H,2H2,(H,10,11). The molecule has 2 aromatic heterocycles. The van der Waals surface area contributed by atoms with Crippen molar-refractivity contribution in [3.05, 3.63) is 57.0 Å². The maximum Gasteiger partial charge on any atom is 0.311 e. The molecule has 6 nitrogen and oxygen atoms in total. The Morgan fingerprint density at radius 1 is 1.04 bits per heavy atom. The smallest absolute Gasteiger partial charge is 0.311 e. The third-order valence-electron chi connectivity index (χ3n) is 3.12. The average molecular weight is 474 g/mol. The lowest BCUT2D eigenvalue weighted by Gasteiger charge is -2.10. The quantitative estimate of drug-likeness (QED) is 0.649. The van der Waals surface area contributed by atoms with Gasteiger partial charge in [0.2, 0.25) is 0 Å². The number of nitrogens with zero attached hydrogens (tertiary/aromatic N) is 2. The molecule has 0 saturated heterocycles. The van der Waals surface area contributed by atoms with E-state index < -0.39 is 17.9 Å². The van der Waals surface area contributed by atoms with Crippen LogP contribution in [0.3, 0.4) is 0 Å². The van der Waals surface area contributed by atoms with E-state index >= 15 is 0 Å². The fourth-order valence-corrected chi connectivity index (χ4v) is 2.86. The summed E-state index contributed by atoms with van der Waals surface area (Å²) in [6.45, 7) is 1.97. The van der Waals surface area contributed by atoms with Crippen LogP contribution in [0, 0.1) is 0 Å². The molecule has 2 aromatic rings. The van der Waals surface area contributed by atoms with Crippen molar-refractivity contribution in [3.63, 3.8) is 0 Å². The summed E-state index contributed by atoms with van der Waals surface area (Å²) in [5, 5.41) is 17.4. The van der Waals surface area contributed by atoms with Gasteiger partial charge < -0.3 is 10.2 Å². The normalized spacial score (nSPS) is 11.2. The summed E-state index contributed by atoms with van der Waals surface area (Å²) in [5.41, 5.74) is 1.46. The first-order valence-corrected chi connectivity index (χ1v) is 9.06. The van der Waals surface area contributed by atoms with E-state index in [1.165, 1.54) is 0 Å². The first-order valence-electron chi connectivity index (χ1n) is 7.48. The third-order valence-corrected chi connectivity index (χ3v) is 3.99. The van der Waals surface area contributed by atoms with Crippen molar-refractivity contribution in [3.8, 4) is 0 Å². The predicted molar refractivity (Wildman–Crippen MR) is 100 cm³/mol. The zero-order valence-corrected chi connectivity index (χ0v) is 16.7. The van der Waals surface area contributed by atoms with E-state index in [0.29, 0.717) is 12.0 Å². The second-order valence-corrected chi connectivity index (χ2v) is 7.03. The maximum absolute atomic E-state index is 11.0. The summed E-state index contributed by atoms with van der Waals surface area (Å²) in [4.78, 5) is 29.0. The summed E-state index contributed by atoms with van der Waals surface area (Å²) in [6.07, 6.45) is 7.93. The Morgan fingerprint density at radius 3 is 2.12 bits per heavy atom. The van der Waals surface area contributed by atoms with Gasteiger partial charge in [-0.15, -0.1) is 0 Å². The minimum Gasteiger partial charge on any atom is -0.481 e. The number of aromatic nitrogens is 2. The van der Waals surface area contributed by atoms with Crippen LogP contribution in [0.25, 0.3) is 0 Å². The van der Waals surface area contributed by atoms with Gasteiger partial charge in [0.05, 0.1) is 12.3 Å². The SMILES string of the molecule is CCCC(C(=O)O)c1cncc(Br)c1.O=C(O)Cc1cncc(Br)c1. The second-order valence-electron chi connectivity index (χ2n) is 5.20. The third kappa shape index (κ3) is 8.22. The number of hydrogen-bond acceptors (Lipinski definition) is 4. The van der Waals surface area contributed by atoms with Crippen molar-refractivity contribution in [2.75, 3.05) is 0 Å². The molecule has 2 rings (SSSR count). The molecule has 1 unspecified atom stereocenters. The summed E-state index contributed by atoms with van der Waals surface area (Å²) >= 11 is 6.47. The van der Waals surface area contributed by atoms with E-state index in [1.807, 2.05) is 6.92 Å². The molecule has 0 aromatic carbocycles. The van der Waals surface area contributed by atoms with Gasteiger partial charge >= 0.3 is 11.9 Å². The van der Waals surface area contributed by atoms with E-state index in [4.69, 9.17) is 10.2 Å². The van der Waals surface area contributed by atoms with Crippen LogP contribution in [0.2, 0.25) is 0 Å². The average Bonchev–Trinajstić information content (AvgIpc) is 2.52. The van der Waals surface area contributed by atoms with Gasteiger partial charge in [-0.3, -0.25) is 19.6 Å². The fourth-order valence-electron chi connectivity index (χ4n) is 2.07. The summed E-state index contributed by atoms with van der Waals surface area (Å²) in [6, 6.07) is 3.54. The lowest BCUT2D eigenvalue weighted by molar-refractivity contribution is -0.139. The van der Waals surface area contributed by atoms with Gasteiger partial charge in [0.25, 0.3) is 0 Å². The van der Waals surface area contributed by atoms with E-state index in [0.717, 1.165) is 20.9 Å². The molecule has 0 radical (unpaired) electrons. The van der Waals surface area contributed by atoms with Crippen LogP contribution in [0.15, 0.2) is 45.9 Å². The van der Waals surface area contributed by atoms with Crippen LogP contribution in [-0.4, -0.2) is 32.1 Å². The molecule has 8 heteroatoms. The zero-order chi connectivity index (χ0) is 18.8. The molecule has 134 valence electrons. The summed E-state index contributed by atoms with van der Waals surface area (Å²) in [7, 11) is 0. The number of pyridine rings is 2. The predicted octanol–water partition coefficient (Wildman–Crippen LogP) is 4.28. The molecule has 0 aliphatic carbocycles. The highest BCUT2D eigenvalue weighted by atomic mass is 79.9. The van der Waals surface area contributed by atoms with Gasteiger partial charge in [0.15, 0.2) is 0 Å². The molecule has 2 N–H and O–H groups in total. The lowest BCUT2D eigenvalue weighted by Crippen LogP contribution is -2.11. The minimum absolute atomic E-state index is 0.0203. The number of halogens is 2. The second kappa shape index (κ2) is 10.9. The number of rotatable bonds is 6. The van der Waals surface area contributed by atoms with Crippen molar-refractivity contribution in [2.24, 2.45) is 0 Å². The molecule has 25 heavy (non-hydrogen) atoms. The topological polar surface area (TPSA) is 100 Å². The largest absolute Gasteiger partial charge is 0.481 e. The van der Waals surface area contributed by atoms with Crippen LogP contribution < -0.4 is 0 Å². The van der Waals surface area contributed by atoms with Crippen LogP contribution in [-0.2, 0) is 16.0 Å². The van der Waals surface area contributed by atoms with Crippen molar-refractivity contribution in [2.45, 2.75) is 32.1 Å². The molecular formula is C17H18Br2N2O4. The van der Waals surface area contributed by atoms with E-state index in [-0.39, 0.29) is 6.42 Å². The molecule has 1 atom stereocenters. The van der Waals surface area contributed by atoms with Crippen LogP contribution in [0.1, 0.15) is 36.8 Å². The zero-order valence-electron chi connectivity index (χ0n) is 13.5. The number of carboxylic acids is 2. The lowest BCUT2D eigenvalue weighted by atomic mass is 9.96. The van der Waals surface area contributed by atoms with Crippen molar-refractivity contribution >= 4 is 43.8 Å². The molecule has 0 aliphatic rings. The first kappa shape index (κ1) is 21.2. The van der Waals surface area contributed by atoms with Crippen LogP contribution in [0.4, 0.5) is 0 Å². The fraction of sp³-hybridized carbons (Fsp3) is 0.294. The Morgan fingerprint density at radius 2 is 1.64 bits per heavy atom. The molecular weight excluding hydrogens is 456 g/mol. The molecule has 2 heterocycles. The number of carbonyl (C=O) groups is 2. The molecule has 0 amide bonds. The van der Waals surface area contributed by atoms with Gasteiger partial charge in [-0.25, -0.2) is 0 Å². The Kier molecular flexibility index (Phi) is 9.30. The monoisotopic (exact) mass is 472 g/mol. The van der Waals surface area contributed by atoms with Gasteiger partial charge in [0, 0.05) is 33.7 Å². The highest BCUT2D eigenvalue weighted by Gasteiger charge is 2.18. The van der Waals surface area contributed by atoms with E-state index in [9.17, 15) is 9.59 Å². The summed E-state index contributed by atoms with van der Waals surface area (Å²) < 4.78 is 1.62. The van der Waals surface area contributed by atoms with Crippen LogP contribution >= 0.6 is 31.9 Å². The highest BCUT2D eigenvalue weighted by Crippen LogP contribution is 2.23. The van der Waals surface area contributed by atoms with Gasteiger partial charge in [-0.05, 0) is 61.5 Å². The van der Waals surface area contributed by atoms with Gasteiger partial charge in [-0.2, -0.15) is 0 Å². The number of aliphatic carboxylic acids is 2. The summed E-state index contributed by atoms with van der Waals surface area (Å²) in [5.74, 6) is -2.07. The van der Waals surface area contributed by atoms with Crippen molar-refractivity contribution in [1.29, 1.82) is 0 Å². The van der Waals surface area contributed by atoms with Gasteiger partial charge in [-0.1, -0.05) is 13.3 Å². The van der Waals surface area contributed by atoms with Crippen molar-refractivity contribution in [1.82, 2.24) is 9.97 Å². The Balaban J connectivity index is 0.000000257. The van der Waals surface area contributed by atoms with E-state index in [1.54, 1.807) is 36.9 Å². The molecule has 0 spiro atoms. The Labute approximate surface area is 162 Å². The Bertz CT molecular complexity index is 725. The molecule has 0 saturated carbocycles. The van der Waals surface area contributed by atoms with Crippen molar-refractivity contribution < 1.29 is 19.8 Å². The molecule has 0 fully saturated rings. The highest BCUT2D eigenvalue weighted by molar-refractivity contribution is 9.10. The van der Waals surface area contributed by atoms with Gasteiger partial charge in [0.1, 0.15) is 0 Å². The minimum atomic E-state index is -0.843. The maximum atomic E-state index is 11.0. The number of carboxylic acid groups (broad SMARTS) is 2. The molecule has 0 bridgehead atoms. The first-order chi connectivity index (χ1) is 11.8. The van der Waals surface area contributed by atoms with Crippen LogP contribution in [0.5, 0.6) is 0 Å².